The molecule has 3 atom stereocenters. The molecule has 0 heterocycles. The van der Waals surface area contributed by atoms with Crippen LogP contribution in [0.5, 0.6) is 11.5 Å². The molecular weight excluding hydrogens is 522 g/mol. The lowest BCUT2D eigenvalue weighted by Gasteiger charge is -2.27. The van der Waals surface area contributed by atoms with Crippen molar-refractivity contribution in [1.82, 2.24) is 0 Å². The number of carbonyl (C=O) groups is 4. The number of benzene rings is 1. The molecular formula is C29H45NO10. The lowest BCUT2D eigenvalue weighted by Crippen LogP contribution is -2.51. The van der Waals surface area contributed by atoms with E-state index >= 15 is 0 Å². The van der Waals surface area contributed by atoms with Crippen molar-refractivity contribution in [3.63, 3.8) is 0 Å². The largest absolute Gasteiger partial charge is 0.514 e. The molecule has 0 aliphatic rings. The van der Waals surface area contributed by atoms with E-state index in [-0.39, 0.29) is 55.2 Å². The molecule has 0 saturated heterocycles. The Labute approximate surface area is 236 Å². The minimum atomic E-state index is -1.56. The van der Waals surface area contributed by atoms with Gasteiger partial charge in [-0.25, -0.2) is 9.59 Å². The summed E-state index contributed by atoms with van der Waals surface area (Å²) in [6.07, 6.45) is -1.08. The van der Waals surface area contributed by atoms with E-state index in [4.69, 9.17) is 34.2 Å². The highest BCUT2D eigenvalue weighted by Gasteiger charge is 2.36. The maximum absolute atomic E-state index is 12.6. The monoisotopic (exact) mass is 567 g/mol. The Bertz CT molecular complexity index is 993. The fraction of sp³-hybridized carbons (Fsp3) is 0.655. The molecule has 1 unspecified atom stereocenters. The Morgan fingerprint density at radius 1 is 0.875 bits per heavy atom. The molecule has 0 radical (unpaired) electrons. The predicted molar refractivity (Wildman–Crippen MR) is 147 cm³/mol. The van der Waals surface area contributed by atoms with Crippen molar-refractivity contribution >= 4 is 24.2 Å². The van der Waals surface area contributed by atoms with Crippen molar-refractivity contribution < 1.29 is 47.6 Å². The van der Waals surface area contributed by atoms with Gasteiger partial charge in [0, 0.05) is 19.3 Å². The van der Waals surface area contributed by atoms with E-state index in [1.807, 2.05) is 34.6 Å². The topological polar surface area (TPSA) is 150 Å². The number of esters is 2. The Hall–Kier alpha value is -3.34. The zero-order valence-corrected chi connectivity index (χ0v) is 24.9. The second-order valence-electron chi connectivity index (χ2n) is 10.5. The standard InChI is InChI=1S/C29H45NO10/c1-9-10-11-25(31)36-15-14-29(30,26(32)35-8)17-22-12-13-23(39-27(33)37-20(6)18(2)3)24(16-22)40-28(34)38-21(7)19(4)5/h12-13,16,18-21H,9-11,14-15,17,30H2,1-8H3/t20-,21?,29+/m0/s1. The summed E-state index contributed by atoms with van der Waals surface area (Å²) in [5.41, 5.74) is 5.32. The van der Waals surface area contributed by atoms with Crippen molar-refractivity contribution in [3.05, 3.63) is 23.8 Å². The van der Waals surface area contributed by atoms with Crippen LogP contribution in [0.2, 0.25) is 0 Å². The lowest BCUT2D eigenvalue weighted by atomic mass is 9.88. The molecule has 11 nitrogen and oxygen atoms in total. The molecule has 0 saturated carbocycles. The van der Waals surface area contributed by atoms with Gasteiger partial charge >= 0.3 is 24.2 Å². The average Bonchev–Trinajstić information content (AvgIpc) is 2.88. The van der Waals surface area contributed by atoms with Crippen LogP contribution in [0.25, 0.3) is 0 Å². The van der Waals surface area contributed by atoms with Crippen LogP contribution in [0.3, 0.4) is 0 Å². The molecule has 226 valence electrons. The summed E-state index contributed by atoms with van der Waals surface area (Å²) in [6, 6.07) is 4.36. The number of carbonyl (C=O) groups excluding carboxylic acids is 4. The Kier molecular flexibility index (Phi) is 14.5. The normalized spacial score (nSPS) is 14.1. The lowest BCUT2D eigenvalue weighted by molar-refractivity contribution is -0.151. The van der Waals surface area contributed by atoms with Gasteiger partial charge in [-0.05, 0) is 49.8 Å². The molecule has 0 aromatic heterocycles. The van der Waals surface area contributed by atoms with Crippen LogP contribution in [0.4, 0.5) is 9.59 Å². The third-order valence-electron chi connectivity index (χ3n) is 6.49. The smallest absolute Gasteiger partial charge is 0.468 e. The maximum Gasteiger partial charge on any atom is 0.514 e. The molecule has 0 amide bonds. The number of methoxy groups -OCH3 is 1. The molecule has 0 aliphatic heterocycles. The summed E-state index contributed by atoms with van der Waals surface area (Å²) in [5, 5.41) is 0. The number of hydrogen-bond acceptors (Lipinski definition) is 11. The van der Waals surface area contributed by atoms with E-state index in [0.717, 1.165) is 6.42 Å². The maximum atomic E-state index is 12.6. The molecule has 40 heavy (non-hydrogen) atoms. The fourth-order valence-corrected chi connectivity index (χ4v) is 3.20. The van der Waals surface area contributed by atoms with Gasteiger partial charge in [0.05, 0.1) is 13.7 Å². The van der Waals surface area contributed by atoms with Crippen molar-refractivity contribution in [2.75, 3.05) is 13.7 Å². The Morgan fingerprint density at radius 2 is 1.43 bits per heavy atom. The van der Waals surface area contributed by atoms with Crippen LogP contribution in [-0.2, 0) is 35.0 Å². The van der Waals surface area contributed by atoms with E-state index in [0.29, 0.717) is 12.0 Å². The third-order valence-corrected chi connectivity index (χ3v) is 6.49. The van der Waals surface area contributed by atoms with Gasteiger partial charge in [-0.15, -0.1) is 0 Å². The van der Waals surface area contributed by atoms with Crippen LogP contribution in [-0.4, -0.2) is 55.7 Å². The molecule has 0 aliphatic carbocycles. The summed E-state index contributed by atoms with van der Waals surface area (Å²) < 4.78 is 31.4. The summed E-state index contributed by atoms with van der Waals surface area (Å²) >= 11 is 0. The SMILES string of the molecule is CCCCC(=O)OCC[C@@](N)(Cc1ccc(OC(=O)O[C@@H](C)C(C)C)c(OC(=O)OC(C)C(C)C)c1)C(=O)OC. The molecule has 11 heteroatoms. The van der Waals surface area contributed by atoms with Crippen LogP contribution in [0, 0.1) is 11.8 Å². The predicted octanol–water partition coefficient (Wildman–Crippen LogP) is 5.34. The number of ether oxygens (including phenoxy) is 6. The quantitative estimate of drug-likeness (QED) is 0.166. The van der Waals surface area contributed by atoms with Gasteiger partial charge in [0.15, 0.2) is 11.5 Å². The summed E-state index contributed by atoms with van der Waals surface area (Å²) in [4.78, 5) is 49.4. The molecule has 0 bridgehead atoms. The third kappa shape index (κ3) is 11.8. The van der Waals surface area contributed by atoms with Crippen molar-refractivity contribution in [3.8, 4) is 11.5 Å². The minimum absolute atomic E-state index is 0.0145. The fourth-order valence-electron chi connectivity index (χ4n) is 3.20. The van der Waals surface area contributed by atoms with Gasteiger partial charge in [-0.2, -0.15) is 0 Å². The Balaban J connectivity index is 3.21. The first-order valence-corrected chi connectivity index (χ1v) is 13.6. The highest BCUT2D eigenvalue weighted by atomic mass is 16.8. The first kappa shape index (κ1) is 34.7. The van der Waals surface area contributed by atoms with Crippen LogP contribution in [0.1, 0.15) is 79.7 Å². The average molecular weight is 568 g/mol. The van der Waals surface area contributed by atoms with E-state index < -0.39 is 36.0 Å². The van der Waals surface area contributed by atoms with E-state index in [1.165, 1.54) is 19.2 Å². The zero-order chi connectivity index (χ0) is 30.5. The number of rotatable bonds is 15. The van der Waals surface area contributed by atoms with Gasteiger partial charge < -0.3 is 34.2 Å². The molecule has 1 rings (SSSR count). The highest BCUT2D eigenvalue weighted by Crippen LogP contribution is 2.32. The van der Waals surface area contributed by atoms with Gasteiger partial charge in [0.1, 0.15) is 17.7 Å². The zero-order valence-electron chi connectivity index (χ0n) is 24.9. The van der Waals surface area contributed by atoms with Crippen LogP contribution in [0.15, 0.2) is 18.2 Å². The molecule has 0 fully saturated rings. The number of hydrogen-bond donors (Lipinski definition) is 1. The number of nitrogens with two attached hydrogens (primary N) is 1. The van der Waals surface area contributed by atoms with Crippen molar-refractivity contribution in [2.45, 2.75) is 98.3 Å². The molecule has 0 spiro atoms. The second-order valence-corrected chi connectivity index (χ2v) is 10.5. The highest BCUT2D eigenvalue weighted by molar-refractivity contribution is 5.81. The first-order valence-electron chi connectivity index (χ1n) is 13.6. The van der Waals surface area contributed by atoms with Crippen molar-refractivity contribution in [2.24, 2.45) is 17.6 Å². The van der Waals surface area contributed by atoms with Gasteiger partial charge in [0.25, 0.3) is 0 Å². The van der Waals surface area contributed by atoms with E-state index in [1.54, 1.807) is 19.9 Å². The van der Waals surface area contributed by atoms with E-state index in [2.05, 4.69) is 0 Å². The summed E-state index contributed by atoms with van der Waals surface area (Å²) in [7, 11) is 1.21. The minimum Gasteiger partial charge on any atom is -0.468 e. The summed E-state index contributed by atoms with van der Waals surface area (Å²) in [6.45, 7) is 12.9. The van der Waals surface area contributed by atoms with Gasteiger partial charge in [-0.1, -0.05) is 47.1 Å². The number of unbranched alkanes of at least 4 members (excludes halogenated alkanes) is 1. The first-order chi connectivity index (χ1) is 18.7. The molecule has 1 aromatic rings. The van der Waals surface area contributed by atoms with Crippen LogP contribution < -0.4 is 15.2 Å². The summed E-state index contributed by atoms with van der Waals surface area (Å²) in [5.74, 6) is -1.22. The van der Waals surface area contributed by atoms with Crippen LogP contribution >= 0.6 is 0 Å². The van der Waals surface area contributed by atoms with E-state index in [9.17, 15) is 19.2 Å². The van der Waals surface area contributed by atoms with Crippen molar-refractivity contribution in [1.29, 1.82) is 0 Å². The second kappa shape index (κ2) is 16.7. The molecule has 2 N–H and O–H groups in total. The Morgan fingerprint density at radius 3 is 1.93 bits per heavy atom. The molecule has 1 aromatic carbocycles. The van der Waals surface area contributed by atoms with Gasteiger partial charge in [0.2, 0.25) is 0 Å². The van der Waals surface area contributed by atoms with Gasteiger partial charge in [-0.3, -0.25) is 9.59 Å².